The number of hydrogen-bond donors (Lipinski definition) is 2. The molecule has 1 aliphatic rings. The van der Waals surface area contributed by atoms with Gasteiger partial charge in [0.2, 0.25) is 0 Å². The zero-order chi connectivity index (χ0) is 12.3. The lowest BCUT2D eigenvalue weighted by molar-refractivity contribution is 0.0201. The van der Waals surface area contributed by atoms with Crippen LogP contribution in [0.3, 0.4) is 0 Å². The molecule has 16 heavy (non-hydrogen) atoms. The minimum Gasteiger partial charge on any atom is -0.444 e. The first kappa shape index (κ1) is 12.8. The highest BCUT2D eigenvalue weighted by Gasteiger charge is 2.27. The van der Waals surface area contributed by atoms with Crippen LogP contribution in [0.4, 0.5) is 4.79 Å². The standard InChI is InChI=1S/C11H21N3O2/c1-11(2,3)16-10(15)14-6-4-8(5-7-14)9(12)13/h8H,4-7H2,1-3H3,(H3,12,13). The van der Waals surface area contributed by atoms with Gasteiger partial charge in [0.1, 0.15) is 5.60 Å². The number of amidine groups is 1. The van der Waals surface area contributed by atoms with Crippen molar-refractivity contribution in [3.8, 4) is 0 Å². The predicted octanol–water partition coefficient (Wildman–Crippen LogP) is 1.57. The maximum Gasteiger partial charge on any atom is 0.410 e. The van der Waals surface area contributed by atoms with E-state index in [0.29, 0.717) is 13.1 Å². The summed E-state index contributed by atoms with van der Waals surface area (Å²) < 4.78 is 5.27. The second kappa shape index (κ2) is 4.72. The van der Waals surface area contributed by atoms with Gasteiger partial charge >= 0.3 is 6.09 Å². The summed E-state index contributed by atoms with van der Waals surface area (Å²) in [6.07, 6.45) is 1.25. The second-order valence-corrected chi connectivity index (χ2v) is 5.20. The summed E-state index contributed by atoms with van der Waals surface area (Å²) in [6.45, 7) is 6.81. The van der Waals surface area contributed by atoms with Crippen LogP contribution in [0.25, 0.3) is 0 Å². The van der Waals surface area contributed by atoms with Crippen molar-refractivity contribution in [1.29, 1.82) is 5.41 Å². The second-order valence-electron chi connectivity index (χ2n) is 5.20. The van der Waals surface area contributed by atoms with Gasteiger partial charge in [0.05, 0.1) is 5.84 Å². The van der Waals surface area contributed by atoms with Crippen molar-refractivity contribution in [3.05, 3.63) is 0 Å². The molecule has 0 aromatic rings. The largest absolute Gasteiger partial charge is 0.444 e. The number of piperidine rings is 1. The van der Waals surface area contributed by atoms with E-state index < -0.39 is 5.60 Å². The van der Waals surface area contributed by atoms with Crippen LogP contribution < -0.4 is 5.73 Å². The van der Waals surface area contributed by atoms with E-state index in [2.05, 4.69) is 0 Å². The molecule has 1 aliphatic heterocycles. The summed E-state index contributed by atoms with van der Waals surface area (Å²) in [4.78, 5) is 13.4. The molecule has 0 spiro atoms. The van der Waals surface area contributed by atoms with Crippen LogP contribution in [-0.4, -0.2) is 35.5 Å². The Labute approximate surface area is 96.4 Å². The first-order valence-electron chi connectivity index (χ1n) is 5.61. The Balaban J connectivity index is 2.42. The van der Waals surface area contributed by atoms with E-state index in [-0.39, 0.29) is 17.8 Å². The first-order chi connectivity index (χ1) is 7.29. The topological polar surface area (TPSA) is 79.4 Å². The minimum atomic E-state index is -0.450. The Morgan fingerprint density at radius 1 is 1.38 bits per heavy atom. The molecule has 92 valence electrons. The van der Waals surface area contributed by atoms with E-state index >= 15 is 0 Å². The third kappa shape index (κ3) is 3.72. The Morgan fingerprint density at radius 2 is 1.88 bits per heavy atom. The van der Waals surface area contributed by atoms with Crippen molar-refractivity contribution in [2.24, 2.45) is 11.7 Å². The van der Waals surface area contributed by atoms with Crippen LogP contribution in [0.5, 0.6) is 0 Å². The van der Waals surface area contributed by atoms with Gasteiger partial charge in [0, 0.05) is 19.0 Å². The van der Waals surface area contributed by atoms with E-state index in [1.54, 1.807) is 4.90 Å². The van der Waals surface area contributed by atoms with Gasteiger partial charge in [-0.3, -0.25) is 5.41 Å². The molecule has 3 N–H and O–H groups in total. The normalized spacial score (nSPS) is 18.3. The number of likely N-dealkylation sites (tertiary alicyclic amines) is 1. The Morgan fingerprint density at radius 3 is 2.25 bits per heavy atom. The summed E-state index contributed by atoms with van der Waals surface area (Å²) in [5.74, 6) is 0.350. The fourth-order valence-corrected chi connectivity index (χ4v) is 1.70. The predicted molar refractivity (Wildman–Crippen MR) is 62.4 cm³/mol. The van der Waals surface area contributed by atoms with Gasteiger partial charge in [-0.25, -0.2) is 4.79 Å². The number of rotatable bonds is 1. The maximum atomic E-state index is 11.7. The third-order valence-corrected chi connectivity index (χ3v) is 2.59. The van der Waals surface area contributed by atoms with E-state index in [1.807, 2.05) is 20.8 Å². The SMILES string of the molecule is CC(C)(C)OC(=O)N1CCC(C(=N)N)CC1. The summed E-state index contributed by atoms with van der Waals surface area (Å²) >= 11 is 0. The van der Waals surface area contributed by atoms with Crippen molar-refractivity contribution in [2.45, 2.75) is 39.2 Å². The molecule has 0 aromatic carbocycles. The number of ether oxygens (including phenoxy) is 1. The van der Waals surface area contributed by atoms with E-state index in [9.17, 15) is 4.79 Å². The highest BCUT2D eigenvalue weighted by molar-refractivity contribution is 5.80. The summed E-state index contributed by atoms with van der Waals surface area (Å²) in [5.41, 5.74) is 4.99. The van der Waals surface area contributed by atoms with Gasteiger partial charge in [0.25, 0.3) is 0 Å². The van der Waals surface area contributed by atoms with E-state index in [4.69, 9.17) is 15.9 Å². The first-order valence-corrected chi connectivity index (χ1v) is 5.61. The lowest BCUT2D eigenvalue weighted by Crippen LogP contribution is -2.43. The summed E-state index contributed by atoms with van der Waals surface area (Å²) in [5, 5.41) is 7.35. The highest BCUT2D eigenvalue weighted by Crippen LogP contribution is 2.19. The van der Waals surface area contributed by atoms with Gasteiger partial charge in [-0.15, -0.1) is 0 Å². The number of carbonyl (C=O) groups excluding carboxylic acids is 1. The third-order valence-electron chi connectivity index (χ3n) is 2.59. The molecule has 0 aromatic heterocycles. The Bertz CT molecular complexity index is 275. The zero-order valence-electron chi connectivity index (χ0n) is 10.2. The van der Waals surface area contributed by atoms with Gasteiger partial charge in [-0.05, 0) is 33.6 Å². The molecular weight excluding hydrogens is 206 g/mol. The Hall–Kier alpha value is -1.26. The molecule has 0 saturated carbocycles. The molecule has 1 amide bonds. The number of nitrogens with two attached hydrogens (primary N) is 1. The molecule has 0 radical (unpaired) electrons. The van der Waals surface area contributed by atoms with Gasteiger partial charge in [-0.1, -0.05) is 0 Å². The summed E-state index contributed by atoms with van der Waals surface area (Å²) in [6, 6.07) is 0. The number of carbonyl (C=O) groups is 1. The molecule has 5 nitrogen and oxygen atoms in total. The molecule has 1 saturated heterocycles. The van der Waals surface area contributed by atoms with Gasteiger partial charge in [-0.2, -0.15) is 0 Å². The van der Waals surface area contributed by atoms with Crippen molar-refractivity contribution >= 4 is 11.9 Å². The van der Waals surface area contributed by atoms with Crippen LogP contribution in [-0.2, 0) is 4.74 Å². The highest BCUT2D eigenvalue weighted by atomic mass is 16.6. The lowest BCUT2D eigenvalue weighted by atomic mass is 9.96. The summed E-state index contributed by atoms with van der Waals surface area (Å²) in [7, 11) is 0. The van der Waals surface area contributed by atoms with Crippen molar-refractivity contribution in [2.75, 3.05) is 13.1 Å². The molecule has 1 fully saturated rings. The van der Waals surface area contributed by atoms with Crippen LogP contribution in [0.1, 0.15) is 33.6 Å². The van der Waals surface area contributed by atoms with Gasteiger partial charge < -0.3 is 15.4 Å². The quantitative estimate of drug-likeness (QED) is 0.527. The van der Waals surface area contributed by atoms with Crippen LogP contribution in [0, 0.1) is 11.3 Å². The fraction of sp³-hybridized carbons (Fsp3) is 0.818. The molecule has 1 heterocycles. The monoisotopic (exact) mass is 227 g/mol. The van der Waals surface area contributed by atoms with Crippen LogP contribution >= 0.6 is 0 Å². The number of hydrogen-bond acceptors (Lipinski definition) is 3. The number of nitrogens with one attached hydrogen (secondary N) is 1. The van der Waals surface area contributed by atoms with E-state index in [1.165, 1.54) is 0 Å². The number of nitrogens with zero attached hydrogens (tertiary/aromatic N) is 1. The van der Waals surface area contributed by atoms with Crippen LogP contribution in [0.15, 0.2) is 0 Å². The van der Waals surface area contributed by atoms with Crippen molar-refractivity contribution < 1.29 is 9.53 Å². The minimum absolute atomic E-state index is 0.124. The molecule has 5 heteroatoms. The Kier molecular flexibility index (Phi) is 3.78. The molecule has 0 bridgehead atoms. The molecular formula is C11H21N3O2. The van der Waals surface area contributed by atoms with Crippen LogP contribution in [0.2, 0.25) is 0 Å². The van der Waals surface area contributed by atoms with Crippen molar-refractivity contribution in [3.63, 3.8) is 0 Å². The zero-order valence-corrected chi connectivity index (χ0v) is 10.2. The lowest BCUT2D eigenvalue weighted by Gasteiger charge is -2.32. The molecule has 0 atom stereocenters. The van der Waals surface area contributed by atoms with Crippen molar-refractivity contribution in [1.82, 2.24) is 4.90 Å². The van der Waals surface area contributed by atoms with Gasteiger partial charge in [0.15, 0.2) is 0 Å². The maximum absolute atomic E-state index is 11.7. The average Bonchev–Trinajstić information content (AvgIpc) is 2.15. The van der Waals surface area contributed by atoms with E-state index in [0.717, 1.165) is 12.8 Å². The smallest absolute Gasteiger partial charge is 0.410 e. The fourth-order valence-electron chi connectivity index (χ4n) is 1.70. The average molecular weight is 227 g/mol. The number of amides is 1. The molecule has 1 rings (SSSR count). The molecule has 0 aliphatic carbocycles. The molecule has 0 unspecified atom stereocenters.